The van der Waals surface area contributed by atoms with E-state index in [0.717, 1.165) is 65.5 Å². The third kappa shape index (κ3) is 9.12. The number of amides is 1. The van der Waals surface area contributed by atoms with Gasteiger partial charge in [0, 0.05) is 48.3 Å². The van der Waals surface area contributed by atoms with Crippen LogP contribution in [0.4, 0.5) is 17.1 Å². The Kier molecular flexibility index (Phi) is 13.2. The van der Waals surface area contributed by atoms with E-state index in [1.807, 2.05) is 66.7 Å². The molecule has 0 fully saturated rings. The Hall–Kier alpha value is -3.75. The van der Waals surface area contributed by atoms with E-state index in [9.17, 15) is 4.79 Å². The maximum absolute atomic E-state index is 12.9. The molecular weight excluding hydrogens is 666 g/mol. The van der Waals surface area contributed by atoms with Crippen LogP contribution in [0.3, 0.4) is 0 Å². The Morgan fingerprint density at radius 3 is 2.02 bits per heavy atom. The molecule has 6 nitrogen and oxygen atoms in total. The van der Waals surface area contributed by atoms with Gasteiger partial charge in [-0.15, -0.1) is 34.0 Å². The van der Waals surface area contributed by atoms with Gasteiger partial charge in [-0.1, -0.05) is 44.9 Å². The van der Waals surface area contributed by atoms with Gasteiger partial charge in [0.1, 0.15) is 0 Å². The normalized spacial score (nSPS) is 11.0. The first-order valence-corrected chi connectivity index (χ1v) is 14.5. The predicted octanol–water partition coefficient (Wildman–Crippen LogP) is 8.92. The standard InChI is InChI=1S/C35H37N5O.2BrH/c1-3-5-22-39-24-19-31(20-25-39)36-28-15-17-30(18-16-28)38-35(41)27-11-13-29(14-12-27)37-33-21-26-40(23-6-4-2)34-10-8-7-9-32(33)34;;/h7-21,24-26H,3-6,22-23H2,1-2H3,(H,38,41);2*1H. The molecule has 0 aliphatic rings. The highest BCUT2D eigenvalue weighted by atomic mass is 79.9. The Morgan fingerprint density at radius 2 is 1.33 bits per heavy atom. The Balaban J connectivity index is 0.00000253. The first-order valence-electron chi connectivity index (χ1n) is 14.5. The molecule has 0 aliphatic heterocycles. The smallest absolute Gasteiger partial charge is 0.255 e. The molecule has 2 aromatic heterocycles. The van der Waals surface area contributed by atoms with Crippen LogP contribution in [0.2, 0.25) is 0 Å². The number of aryl methyl sites for hydroxylation is 2. The van der Waals surface area contributed by atoms with Gasteiger partial charge in [-0.05, 0) is 85.6 Å². The lowest BCUT2D eigenvalue weighted by atomic mass is 10.1. The van der Waals surface area contributed by atoms with Crippen LogP contribution >= 0.6 is 34.0 Å². The number of anilines is 1. The lowest BCUT2D eigenvalue weighted by Crippen LogP contribution is -2.11. The van der Waals surface area contributed by atoms with Crippen molar-refractivity contribution >= 4 is 67.8 Å². The molecule has 43 heavy (non-hydrogen) atoms. The van der Waals surface area contributed by atoms with Crippen molar-refractivity contribution < 1.29 is 4.79 Å². The highest BCUT2D eigenvalue weighted by molar-refractivity contribution is 8.93. The summed E-state index contributed by atoms with van der Waals surface area (Å²) in [6.07, 6.45) is 10.9. The summed E-state index contributed by atoms with van der Waals surface area (Å²) in [6.45, 7) is 6.41. The molecule has 224 valence electrons. The number of halogens is 2. The number of fused-ring (bicyclic) bond motifs is 1. The van der Waals surface area contributed by atoms with Crippen LogP contribution in [-0.2, 0) is 13.1 Å². The number of hydrogen-bond acceptors (Lipinski definition) is 3. The van der Waals surface area contributed by atoms with Gasteiger partial charge in [0.05, 0.1) is 27.6 Å². The van der Waals surface area contributed by atoms with Crippen LogP contribution in [0.15, 0.2) is 120 Å². The molecule has 0 spiro atoms. The summed E-state index contributed by atoms with van der Waals surface area (Å²) in [6, 6.07) is 29.4. The molecule has 5 aromatic rings. The number of pyridine rings is 2. The molecule has 5 rings (SSSR count). The van der Waals surface area contributed by atoms with Crippen molar-refractivity contribution in [2.75, 3.05) is 5.32 Å². The van der Waals surface area contributed by atoms with Crippen molar-refractivity contribution in [3.8, 4) is 0 Å². The number of nitrogens with zero attached hydrogens (tertiary/aromatic N) is 4. The molecule has 2 heterocycles. The van der Waals surface area contributed by atoms with Crippen molar-refractivity contribution in [3.05, 3.63) is 126 Å². The molecular formula is C35H39Br2N5O. The topological polar surface area (TPSA) is 63.7 Å². The number of benzene rings is 3. The number of aromatic nitrogens is 2. The number of unbranched alkanes of at least 4 members (excludes halogenated alkanes) is 2. The molecule has 1 N–H and O–H groups in total. The monoisotopic (exact) mass is 703 g/mol. The molecule has 0 atom stereocenters. The maximum Gasteiger partial charge on any atom is 0.255 e. The first-order chi connectivity index (χ1) is 20.1. The zero-order valence-corrected chi connectivity index (χ0v) is 28.1. The molecule has 1 amide bonds. The van der Waals surface area contributed by atoms with E-state index in [0.29, 0.717) is 5.56 Å². The van der Waals surface area contributed by atoms with E-state index in [-0.39, 0.29) is 39.9 Å². The summed E-state index contributed by atoms with van der Waals surface area (Å²) < 4.78 is 4.46. The minimum absolute atomic E-state index is 0. The summed E-state index contributed by atoms with van der Waals surface area (Å²) >= 11 is 0. The quantitative estimate of drug-likeness (QED) is 0.155. The largest absolute Gasteiger partial charge is 0.354 e. The maximum atomic E-state index is 12.9. The van der Waals surface area contributed by atoms with E-state index in [4.69, 9.17) is 4.99 Å². The van der Waals surface area contributed by atoms with Gasteiger partial charge in [-0.2, -0.15) is 0 Å². The van der Waals surface area contributed by atoms with Gasteiger partial charge in [0.2, 0.25) is 0 Å². The van der Waals surface area contributed by atoms with E-state index in [2.05, 4.69) is 76.1 Å². The molecule has 0 radical (unpaired) electrons. The number of carbonyl (C=O) groups excluding carboxylic acids is 1. The fourth-order valence-corrected chi connectivity index (χ4v) is 4.70. The van der Waals surface area contributed by atoms with Crippen LogP contribution in [0.25, 0.3) is 10.9 Å². The highest BCUT2D eigenvalue weighted by Crippen LogP contribution is 2.19. The summed E-state index contributed by atoms with van der Waals surface area (Å²) in [7, 11) is 0. The van der Waals surface area contributed by atoms with Crippen LogP contribution in [-0.4, -0.2) is 15.0 Å². The van der Waals surface area contributed by atoms with E-state index in [1.165, 1.54) is 11.9 Å². The van der Waals surface area contributed by atoms with Gasteiger partial charge in [-0.25, -0.2) is 9.98 Å². The first kappa shape index (κ1) is 33.7. The second kappa shape index (κ2) is 16.8. The van der Waals surface area contributed by atoms with Crippen molar-refractivity contribution in [1.29, 1.82) is 0 Å². The van der Waals surface area contributed by atoms with Crippen LogP contribution < -0.4 is 16.0 Å². The molecule has 3 aromatic carbocycles. The highest BCUT2D eigenvalue weighted by Gasteiger charge is 2.07. The lowest BCUT2D eigenvalue weighted by molar-refractivity contribution is 0.102. The number of rotatable bonds is 10. The zero-order chi connectivity index (χ0) is 28.4. The van der Waals surface area contributed by atoms with Gasteiger partial charge in [0.25, 0.3) is 5.91 Å². The number of carbonyl (C=O) groups is 1. The minimum Gasteiger partial charge on any atom is -0.354 e. The Bertz CT molecular complexity index is 1740. The average Bonchev–Trinajstić information content (AvgIpc) is 3.01. The lowest BCUT2D eigenvalue weighted by Gasteiger charge is -2.11. The summed E-state index contributed by atoms with van der Waals surface area (Å²) in [5.41, 5.74) is 4.12. The van der Waals surface area contributed by atoms with Crippen LogP contribution in [0.5, 0.6) is 0 Å². The second-order valence-electron chi connectivity index (χ2n) is 10.2. The number of nitrogens with one attached hydrogen (secondary N) is 1. The second-order valence-corrected chi connectivity index (χ2v) is 10.2. The molecule has 0 unspecified atom stereocenters. The average molecular weight is 706 g/mol. The van der Waals surface area contributed by atoms with Crippen molar-refractivity contribution in [3.63, 3.8) is 0 Å². The Labute approximate surface area is 274 Å². The summed E-state index contributed by atoms with van der Waals surface area (Å²) in [5.74, 6) is -0.164. The summed E-state index contributed by atoms with van der Waals surface area (Å²) in [5, 5.41) is 5.91. The predicted molar refractivity (Wildman–Crippen MR) is 188 cm³/mol. The van der Waals surface area contributed by atoms with Crippen molar-refractivity contribution in [2.24, 2.45) is 9.98 Å². The molecule has 0 bridgehead atoms. The number of hydrogen-bond donors (Lipinski definition) is 1. The number of para-hydroxylation sites is 1. The minimum atomic E-state index is -0.164. The SMILES string of the molecule is Br.Br.CCCCn1ccc(=Nc2ccc(NC(=O)c3ccc(N=c4ccn(CCCC)c5ccccc45)cc3)cc2)cc1. The third-order valence-electron chi connectivity index (χ3n) is 7.06. The van der Waals surface area contributed by atoms with Gasteiger partial charge >= 0.3 is 0 Å². The molecule has 0 saturated carbocycles. The van der Waals surface area contributed by atoms with E-state index < -0.39 is 0 Å². The molecule has 8 heteroatoms. The molecule has 0 aliphatic carbocycles. The van der Waals surface area contributed by atoms with Crippen molar-refractivity contribution in [1.82, 2.24) is 9.13 Å². The van der Waals surface area contributed by atoms with Crippen LogP contribution in [0, 0.1) is 0 Å². The summed E-state index contributed by atoms with van der Waals surface area (Å²) in [4.78, 5) is 22.5. The third-order valence-corrected chi connectivity index (χ3v) is 7.06. The van der Waals surface area contributed by atoms with E-state index in [1.54, 1.807) is 0 Å². The zero-order valence-electron chi connectivity index (χ0n) is 24.6. The van der Waals surface area contributed by atoms with Crippen molar-refractivity contribution in [2.45, 2.75) is 52.6 Å². The van der Waals surface area contributed by atoms with Gasteiger partial charge in [-0.3, -0.25) is 4.79 Å². The van der Waals surface area contributed by atoms with E-state index >= 15 is 0 Å². The van der Waals surface area contributed by atoms with Gasteiger partial charge in [0.15, 0.2) is 0 Å². The fourth-order valence-electron chi connectivity index (χ4n) is 4.70. The van der Waals surface area contributed by atoms with Crippen LogP contribution in [0.1, 0.15) is 49.9 Å². The van der Waals surface area contributed by atoms with Gasteiger partial charge < -0.3 is 14.5 Å². The molecule has 0 saturated heterocycles. The fraction of sp³-hybridized carbons (Fsp3) is 0.229. The Morgan fingerprint density at radius 1 is 0.698 bits per heavy atom.